The first kappa shape index (κ1) is 15.7. The predicted molar refractivity (Wildman–Crippen MR) is 103 cm³/mol. The van der Waals surface area contributed by atoms with E-state index >= 15 is 0 Å². The average molecular weight is 358 g/mol. The standard InChI is InChI=1S/C20H18N6O/c1-20(2)10-26-11-22-25-18(26)17-16(20)13-9-12(6-7-14(13)23-17)19(27)24-15-5-3-4-8-21-15/h3-9,11,23H,10H2,1-2H3,(H,21,24,27). The number of aromatic nitrogens is 5. The summed E-state index contributed by atoms with van der Waals surface area (Å²) < 4.78 is 2.06. The van der Waals surface area contributed by atoms with Gasteiger partial charge < -0.3 is 14.9 Å². The number of fused-ring (bicyclic) bond motifs is 5. The van der Waals surface area contributed by atoms with Crippen molar-refractivity contribution >= 4 is 22.6 Å². The molecule has 7 heteroatoms. The largest absolute Gasteiger partial charge is 0.352 e. The molecular weight excluding hydrogens is 340 g/mol. The highest BCUT2D eigenvalue weighted by Gasteiger charge is 2.35. The zero-order valence-electron chi connectivity index (χ0n) is 15.0. The van der Waals surface area contributed by atoms with E-state index in [2.05, 4.69) is 43.9 Å². The lowest BCUT2D eigenvalue weighted by Gasteiger charge is -2.31. The molecule has 0 saturated heterocycles. The molecule has 1 aromatic carbocycles. The number of hydrogen-bond donors (Lipinski definition) is 2. The quantitative estimate of drug-likeness (QED) is 0.575. The third kappa shape index (κ3) is 2.43. The first-order chi connectivity index (χ1) is 13.0. The number of nitrogens with zero attached hydrogens (tertiary/aromatic N) is 4. The summed E-state index contributed by atoms with van der Waals surface area (Å²) in [5, 5.41) is 12.2. The molecule has 0 atom stereocenters. The van der Waals surface area contributed by atoms with Crippen LogP contribution >= 0.6 is 0 Å². The second-order valence-electron chi connectivity index (χ2n) is 7.47. The SMILES string of the molecule is CC1(C)Cn2cnnc2-c2[nH]c3ccc(C(=O)Nc4ccccn4)cc3c21. The molecule has 27 heavy (non-hydrogen) atoms. The maximum Gasteiger partial charge on any atom is 0.256 e. The van der Waals surface area contributed by atoms with Crippen LogP contribution in [0.2, 0.25) is 0 Å². The van der Waals surface area contributed by atoms with Gasteiger partial charge in [0.25, 0.3) is 5.91 Å². The fourth-order valence-electron chi connectivity index (χ4n) is 3.90. The van der Waals surface area contributed by atoms with E-state index in [4.69, 9.17) is 0 Å². The van der Waals surface area contributed by atoms with E-state index in [0.717, 1.165) is 29.0 Å². The Morgan fingerprint density at radius 2 is 2.15 bits per heavy atom. The van der Waals surface area contributed by atoms with Crippen molar-refractivity contribution in [1.82, 2.24) is 24.7 Å². The molecule has 0 spiro atoms. The number of nitrogens with one attached hydrogen (secondary N) is 2. The zero-order chi connectivity index (χ0) is 18.6. The van der Waals surface area contributed by atoms with Crippen LogP contribution in [0.15, 0.2) is 48.9 Å². The van der Waals surface area contributed by atoms with Crippen molar-refractivity contribution in [2.45, 2.75) is 25.8 Å². The molecule has 3 aromatic heterocycles. The Morgan fingerprint density at radius 3 is 2.96 bits per heavy atom. The number of benzene rings is 1. The van der Waals surface area contributed by atoms with Gasteiger partial charge in [-0.05, 0) is 35.9 Å². The lowest BCUT2D eigenvalue weighted by Crippen LogP contribution is -2.29. The van der Waals surface area contributed by atoms with Crippen molar-refractivity contribution in [3.8, 4) is 11.5 Å². The number of carbonyl (C=O) groups is 1. The molecule has 0 unspecified atom stereocenters. The normalized spacial score (nSPS) is 14.6. The molecule has 0 saturated carbocycles. The summed E-state index contributed by atoms with van der Waals surface area (Å²) in [4.78, 5) is 20.3. The van der Waals surface area contributed by atoms with E-state index in [1.165, 1.54) is 5.56 Å². The molecular formula is C20H18N6O. The van der Waals surface area contributed by atoms with Gasteiger partial charge in [-0.2, -0.15) is 0 Å². The summed E-state index contributed by atoms with van der Waals surface area (Å²) in [6, 6.07) is 11.1. The molecule has 0 bridgehead atoms. The highest BCUT2D eigenvalue weighted by Crippen LogP contribution is 2.43. The van der Waals surface area contributed by atoms with Crippen molar-refractivity contribution in [2.24, 2.45) is 0 Å². The van der Waals surface area contributed by atoms with Gasteiger partial charge >= 0.3 is 0 Å². The van der Waals surface area contributed by atoms with Crippen LogP contribution in [-0.2, 0) is 12.0 Å². The van der Waals surface area contributed by atoms with E-state index in [1.54, 1.807) is 18.6 Å². The van der Waals surface area contributed by atoms with Gasteiger partial charge in [0.15, 0.2) is 5.82 Å². The molecule has 0 aliphatic carbocycles. The smallest absolute Gasteiger partial charge is 0.256 e. The Bertz CT molecular complexity index is 1170. The van der Waals surface area contributed by atoms with Crippen LogP contribution in [0.3, 0.4) is 0 Å². The van der Waals surface area contributed by atoms with Crippen LogP contribution < -0.4 is 5.32 Å². The number of anilines is 1. The summed E-state index contributed by atoms with van der Waals surface area (Å²) >= 11 is 0. The van der Waals surface area contributed by atoms with Crippen LogP contribution in [0.25, 0.3) is 22.4 Å². The molecule has 0 fully saturated rings. The zero-order valence-corrected chi connectivity index (χ0v) is 15.0. The third-order valence-electron chi connectivity index (χ3n) is 5.05. The Kier molecular flexibility index (Phi) is 3.21. The Morgan fingerprint density at radius 1 is 1.26 bits per heavy atom. The molecule has 134 valence electrons. The third-order valence-corrected chi connectivity index (χ3v) is 5.05. The van der Waals surface area contributed by atoms with Gasteiger partial charge in [-0.1, -0.05) is 19.9 Å². The van der Waals surface area contributed by atoms with Gasteiger partial charge in [-0.25, -0.2) is 4.98 Å². The fourth-order valence-corrected chi connectivity index (χ4v) is 3.90. The number of H-pyrrole nitrogens is 1. The number of carbonyl (C=O) groups excluding carboxylic acids is 1. The summed E-state index contributed by atoms with van der Waals surface area (Å²) in [6.07, 6.45) is 3.41. The van der Waals surface area contributed by atoms with Gasteiger partial charge in [0, 0.05) is 34.6 Å². The van der Waals surface area contributed by atoms with Gasteiger partial charge in [0.1, 0.15) is 12.1 Å². The molecule has 5 rings (SSSR count). The first-order valence-electron chi connectivity index (χ1n) is 8.80. The molecule has 1 aliphatic heterocycles. The number of aromatic amines is 1. The van der Waals surface area contributed by atoms with Crippen LogP contribution in [0, 0.1) is 0 Å². The van der Waals surface area contributed by atoms with Gasteiger partial charge in [0.05, 0.1) is 5.69 Å². The van der Waals surface area contributed by atoms with Crippen LogP contribution in [0.5, 0.6) is 0 Å². The average Bonchev–Trinajstić information content (AvgIpc) is 3.25. The monoisotopic (exact) mass is 358 g/mol. The summed E-state index contributed by atoms with van der Waals surface area (Å²) in [6.45, 7) is 5.19. The number of amides is 1. The number of rotatable bonds is 2. The van der Waals surface area contributed by atoms with Gasteiger partial charge in [-0.3, -0.25) is 4.79 Å². The van der Waals surface area contributed by atoms with Crippen LogP contribution in [-0.4, -0.2) is 30.6 Å². The predicted octanol–water partition coefficient (Wildman–Crippen LogP) is 3.36. The van der Waals surface area contributed by atoms with Gasteiger partial charge in [-0.15, -0.1) is 10.2 Å². The van der Waals surface area contributed by atoms with E-state index in [1.807, 2.05) is 30.3 Å². The van der Waals surface area contributed by atoms with E-state index in [0.29, 0.717) is 11.4 Å². The second kappa shape index (κ2) is 5.51. The Hall–Kier alpha value is -3.48. The van der Waals surface area contributed by atoms with E-state index in [9.17, 15) is 4.79 Å². The fraction of sp³-hybridized carbons (Fsp3) is 0.200. The molecule has 1 aliphatic rings. The first-order valence-corrected chi connectivity index (χ1v) is 8.80. The Labute approximate surface area is 155 Å². The van der Waals surface area contributed by atoms with Crippen LogP contribution in [0.1, 0.15) is 29.8 Å². The Balaban J connectivity index is 1.62. The molecule has 0 radical (unpaired) electrons. The highest BCUT2D eigenvalue weighted by atomic mass is 16.1. The van der Waals surface area contributed by atoms with E-state index < -0.39 is 0 Å². The lowest BCUT2D eigenvalue weighted by atomic mass is 9.80. The van der Waals surface area contributed by atoms with Crippen molar-refractivity contribution in [3.05, 3.63) is 60.0 Å². The number of pyridine rings is 1. The van der Waals surface area contributed by atoms with Crippen molar-refractivity contribution < 1.29 is 4.79 Å². The molecule has 7 nitrogen and oxygen atoms in total. The topological polar surface area (TPSA) is 88.5 Å². The summed E-state index contributed by atoms with van der Waals surface area (Å²) in [5.74, 6) is 1.19. The maximum atomic E-state index is 12.7. The maximum absolute atomic E-state index is 12.7. The lowest BCUT2D eigenvalue weighted by molar-refractivity contribution is 0.102. The van der Waals surface area contributed by atoms with Gasteiger partial charge in [0.2, 0.25) is 0 Å². The summed E-state index contributed by atoms with van der Waals surface area (Å²) in [7, 11) is 0. The highest BCUT2D eigenvalue weighted by molar-refractivity contribution is 6.06. The number of hydrogen-bond acceptors (Lipinski definition) is 4. The minimum atomic E-state index is -0.178. The van der Waals surface area contributed by atoms with Crippen molar-refractivity contribution in [2.75, 3.05) is 5.32 Å². The minimum Gasteiger partial charge on any atom is -0.352 e. The molecule has 4 aromatic rings. The van der Waals surface area contributed by atoms with Crippen LogP contribution in [0.4, 0.5) is 5.82 Å². The molecule has 1 amide bonds. The molecule has 2 N–H and O–H groups in total. The minimum absolute atomic E-state index is 0.112. The van der Waals surface area contributed by atoms with E-state index in [-0.39, 0.29) is 11.3 Å². The summed E-state index contributed by atoms with van der Waals surface area (Å²) in [5.41, 5.74) is 3.61. The molecule has 4 heterocycles. The van der Waals surface area contributed by atoms with Crippen molar-refractivity contribution in [1.29, 1.82) is 0 Å². The van der Waals surface area contributed by atoms with Crippen molar-refractivity contribution in [3.63, 3.8) is 0 Å². The second-order valence-corrected chi connectivity index (χ2v) is 7.47.